The molecule has 0 nitrogen and oxygen atoms in total. The Morgan fingerprint density at radius 1 is 1.42 bits per heavy atom. The predicted molar refractivity (Wildman–Crippen MR) is 55.1 cm³/mol. The second-order valence-corrected chi connectivity index (χ2v) is 5.18. The Hall–Kier alpha value is -0.260. The molecule has 0 heteroatoms. The SMILES string of the molecule is C=C(C)C1C(C)CCCC1(C)C. The van der Waals surface area contributed by atoms with Gasteiger partial charge < -0.3 is 0 Å². The van der Waals surface area contributed by atoms with Gasteiger partial charge >= 0.3 is 0 Å². The zero-order valence-electron chi connectivity index (χ0n) is 8.98. The molecule has 0 aliphatic heterocycles. The van der Waals surface area contributed by atoms with Crippen molar-refractivity contribution in [2.24, 2.45) is 17.3 Å². The Bertz CT molecular complexity index is 176. The molecule has 0 bridgehead atoms. The van der Waals surface area contributed by atoms with Crippen LogP contribution < -0.4 is 0 Å². The summed E-state index contributed by atoms with van der Waals surface area (Å²) in [6, 6.07) is 0. The van der Waals surface area contributed by atoms with Gasteiger partial charge in [-0.2, -0.15) is 0 Å². The minimum atomic E-state index is 0.490. The van der Waals surface area contributed by atoms with Crippen LogP contribution in [0.25, 0.3) is 0 Å². The lowest BCUT2D eigenvalue weighted by Gasteiger charge is -2.43. The van der Waals surface area contributed by atoms with E-state index in [2.05, 4.69) is 34.3 Å². The first-order valence-corrected chi connectivity index (χ1v) is 5.10. The second-order valence-electron chi connectivity index (χ2n) is 5.18. The Morgan fingerprint density at radius 2 is 2.00 bits per heavy atom. The molecule has 70 valence electrons. The lowest BCUT2D eigenvalue weighted by molar-refractivity contribution is 0.114. The highest BCUT2D eigenvalue weighted by Crippen LogP contribution is 2.46. The van der Waals surface area contributed by atoms with Crippen LogP contribution in [-0.4, -0.2) is 0 Å². The van der Waals surface area contributed by atoms with Gasteiger partial charge in [0.15, 0.2) is 0 Å². The van der Waals surface area contributed by atoms with Gasteiger partial charge in [0.1, 0.15) is 0 Å². The summed E-state index contributed by atoms with van der Waals surface area (Å²) in [6.07, 6.45) is 4.16. The summed E-state index contributed by atoms with van der Waals surface area (Å²) in [5, 5.41) is 0. The molecule has 2 unspecified atom stereocenters. The highest BCUT2D eigenvalue weighted by molar-refractivity contribution is 5.06. The van der Waals surface area contributed by atoms with Crippen LogP contribution in [0, 0.1) is 17.3 Å². The van der Waals surface area contributed by atoms with Crippen molar-refractivity contribution in [1.82, 2.24) is 0 Å². The van der Waals surface area contributed by atoms with Crippen LogP contribution in [0.15, 0.2) is 12.2 Å². The fourth-order valence-electron chi connectivity index (χ4n) is 3.12. The smallest absolute Gasteiger partial charge is 0.0132 e. The van der Waals surface area contributed by atoms with E-state index in [0.29, 0.717) is 5.41 Å². The van der Waals surface area contributed by atoms with E-state index in [9.17, 15) is 0 Å². The first kappa shape index (κ1) is 9.83. The predicted octanol–water partition coefficient (Wildman–Crippen LogP) is 4.02. The molecular weight excluding hydrogens is 144 g/mol. The summed E-state index contributed by atoms with van der Waals surface area (Å²) in [5.41, 5.74) is 1.87. The van der Waals surface area contributed by atoms with Crippen LogP contribution in [0.3, 0.4) is 0 Å². The molecule has 1 aliphatic rings. The molecule has 0 amide bonds. The molecule has 12 heavy (non-hydrogen) atoms. The lowest BCUT2D eigenvalue weighted by atomic mass is 9.62. The third kappa shape index (κ3) is 1.73. The molecule has 0 aromatic rings. The third-order valence-corrected chi connectivity index (χ3v) is 3.42. The van der Waals surface area contributed by atoms with Crippen LogP contribution in [0.2, 0.25) is 0 Å². The van der Waals surface area contributed by atoms with Crippen molar-refractivity contribution in [1.29, 1.82) is 0 Å². The normalized spacial score (nSPS) is 34.7. The largest absolute Gasteiger partial charge is 0.0998 e. The molecule has 1 saturated carbocycles. The van der Waals surface area contributed by atoms with Crippen LogP contribution in [0.5, 0.6) is 0 Å². The van der Waals surface area contributed by atoms with Crippen molar-refractivity contribution in [3.05, 3.63) is 12.2 Å². The molecular formula is C12H22. The number of allylic oxidation sites excluding steroid dienone is 1. The maximum Gasteiger partial charge on any atom is -0.0132 e. The maximum absolute atomic E-state index is 4.12. The molecule has 0 radical (unpaired) electrons. The van der Waals surface area contributed by atoms with Crippen molar-refractivity contribution in [3.8, 4) is 0 Å². The second kappa shape index (κ2) is 3.24. The molecule has 1 rings (SSSR count). The summed E-state index contributed by atoms with van der Waals surface area (Å²) < 4.78 is 0. The first-order valence-electron chi connectivity index (χ1n) is 5.10. The van der Waals surface area contributed by atoms with Crippen LogP contribution in [0.4, 0.5) is 0 Å². The monoisotopic (exact) mass is 166 g/mol. The van der Waals surface area contributed by atoms with Gasteiger partial charge in [-0.1, -0.05) is 45.8 Å². The quantitative estimate of drug-likeness (QED) is 0.516. The van der Waals surface area contributed by atoms with E-state index in [4.69, 9.17) is 0 Å². The zero-order valence-corrected chi connectivity index (χ0v) is 8.98. The molecule has 1 aliphatic carbocycles. The van der Waals surface area contributed by atoms with Crippen molar-refractivity contribution in [2.45, 2.75) is 47.0 Å². The Balaban J connectivity index is 2.81. The van der Waals surface area contributed by atoms with Crippen molar-refractivity contribution < 1.29 is 0 Å². The average Bonchev–Trinajstić information content (AvgIpc) is 1.82. The van der Waals surface area contributed by atoms with Gasteiger partial charge in [-0.15, -0.1) is 0 Å². The van der Waals surface area contributed by atoms with E-state index < -0.39 is 0 Å². The average molecular weight is 166 g/mol. The van der Waals surface area contributed by atoms with Crippen molar-refractivity contribution >= 4 is 0 Å². The van der Waals surface area contributed by atoms with Crippen LogP contribution in [0.1, 0.15) is 47.0 Å². The molecule has 0 N–H and O–H groups in total. The van der Waals surface area contributed by atoms with Gasteiger partial charge in [-0.05, 0) is 30.6 Å². The maximum atomic E-state index is 4.12. The third-order valence-electron chi connectivity index (χ3n) is 3.42. The molecule has 0 spiro atoms. The van der Waals surface area contributed by atoms with Crippen molar-refractivity contribution in [2.75, 3.05) is 0 Å². The first-order chi connectivity index (χ1) is 5.45. The summed E-state index contributed by atoms with van der Waals surface area (Å²) in [7, 11) is 0. The summed E-state index contributed by atoms with van der Waals surface area (Å²) in [4.78, 5) is 0. The summed E-state index contributed by atoms with van der Waals surface area (Å²) in [6.45, 7) is 13.5. The van der Waals surface area contributed by atoms with Gasteiger partial charge in [0, 0.05) is 0 Å². The summed E-state index contributed by atoms with van der Waals surface area (Å²) >= 11 is 0. The Kier molecular flexibility index (Phi) is 2.65. The van der Waals surface area contributed by atoms with E-state index in [1.165, 1.54) is 24.8 Å². The fourth-order valence-corrected chi connectivity index (χ4v) is 3.12. The van der Waals surface area contributed by atoms with Gasteiger partial charge in [-0.3, -0.25) is 0 Å². The molecule has 2 atom stereocenters. The molecule has 0 saturated heterocycles. The van der Waals surface area contributed by atoms with Crippen LogP contribution in [-0.2, 0) is 0 Å². The molecule has 0 aromatic heterocycles. The number of hydrogen-bond acceptors (Lipinski definition) is 0. The minimum Gasteiger partial charge on any atom is -0.0998 e. The fraction of sp³-hybridized carbons (Fsp3) is 0.833. The number of hydrogen-bond donors (Lipinski definition) is 0. The molecule has 0 heterocycles. The number of rotatable bonds is 1. The highest BCUT2D eigenvalue weighted by atomic mass is 14.4. The van der Waals surface area contributed by atoms with E-state index >= 15 is 0 Å². The van der Waals surface area contributed by atoms with E-state index in [-0.39, 0.29) is 0 Å². The van der Waals surface area contributed by atoms with E-state index in [1.807, 2.05) is 0 Å². The Labute approximate surface area is 77.1 Å². The van der Waals surface area contributed by atoms with Gasteiger partial charge in [0.05, 0.1) is 0 Å². The zero-order chi connectivity index (χ0) is 9.35. The Morgan fingerprint density at radius 3 is 2.33 bits per heavy atom. The van der Waals surface area contributed by atoms with Crippen molar-refractivity contribution in [3.63, 3.8) is 0 Å². The van der Waals surface area contributed by atoms with Crippen LogP contribution >= 0.6 is 0 Å². The van der Waals surface area contributed by atoms with Gasteiger partial charge in [-0.25, -0.2) is 0 Å². The lowest BCUT2D eigenvalue weighted by Crippen LogP contribution is -2.34. The molecule has 1 fully saturated rings. The topological polar surface area (TPSA) is 0 Å². The molecule has 0 aromatic carbocycles. The van der Waals surface area contributed by atoms with Gasteiger partial charge in [0.25, 0.3) is 0 Å². The van der Waals surface area contributed by atoms with E-state index in [0.717, 1.165) is 11.8 Å². The minimum absolute atomic E-state index is 0.490. The highest BCUT2D eigenvalue weighted by Gasteiger charge is 2.36. The summed E-state index contributed by atoms with van der Waals surface area (Å²) in [5.74, 6) is 1.58. The van der Waals surface area contributed by atoms with E-state index in [1.54, 1.807) is 0 Å². The standard InChI is InChI=1S/C12H22/c1-9(2)11-10(3)7-6-8-12(11,4)5/h10-11H,1,6-8H2,2-5H3. The van der Waals surface area contributed by atoms with Gasteiger partial charge in [0.2, 0.25) is 0 Å².